The molecule has 0 heterocycles. The van der Waals surface area contributed by atoms with Gasteiger partial charge in [-0.2, -0.15) is 0 Å². The Bertz CT molecular complexity index is 760. The monoisotopic (exact) mass is 356 g/mol. The largest absolute Gasteiger partial charge is 0.289 e. The number of sulfone groups is 1. The molecule has 1 N–H and O–H groups in total. The topological polar surface area (TPSA) is 123 Å². The minimum Gasteiger partial charge on any atom is -0.258 e. The second-order valence-electron chi connectivity index (χ2n) is 4.49. The lowest BCUT2D eigenvalue weighted by Gasteiger charge is -2.13. The lowest BCUT2D eigenvalue weighted by molar-refractivity contribution is -0.384. The predicted molar refractivity (Wildman–Crippen MR) is 77.6 cm³/mol. The van der Waals surface area contributed by atoms with E-state index in [4.69, 9.17) is 11.6 Å². The van der Waals surface area contributed by atoms with E-state index in [9.17, 15) is 26.9 Å². The molecule has 8 nitrogen and oxygen atoms in total. The fraction of sp³-hybridized carbons (Fsp3) is 0.400. The number of halogens is 1. The predicted octanol–water partition coefficient (Wildman–Crippen LogP) is 0.960. The maximum Gasteiger partial charge on any atom is 0.289 e. The van der Waals surface area contributed by atoms with Crippen LogP contribution in [-0.2, 0) is 19.9 Å². The summed E-state index contributed by atoms with van der Waals surface area (Å²) in [5.74, 6) is -0.387. The van der Waals surface area contributed by atoms with E-state index in [1.807, 2.05) is 0 Å². The van der Waals surface area contributed by atoms with Crippen LogP contribution in [0.1, 0.15) is 6.92 Å². The molecule has 11 heteroatoms. The van der Waals surface area contributed by atoms with Crippen molar-refractivity contribution in [3.8, 4) is 0 Å². The minimum absolute atomic E-state index is 0.192. The average molecular weight is 357 g/mol. The van der Waals surface area contributed by atoms with Crippen molar-refractivity contribution >= 4 is 37.1 Å². The van der Waals surface area contributed by atoms with Gasteiger partial charge >= 0.3 is 0 Å². The van der Waals surface area contributed by atoms with Gasteiger partial charge < -0.3 is 0 Å². The van der Waals surface area contributed by atoms with E-state index in [0.29, 0.717) is 0 Å². The van der Waals surface area contributed by atoms with E-state index >= 15 is 0 Å². The van der Waals surface area contributed by atoms with Crippen LogP contribution in [0.2, 0.25) is 5.02 Å². The zero-order valence-electron chi connectivity index (χ0n) is 11.1. The molecule has 0 radical (unpaired) electrons. The van der Waals surface area contributed by atoms with E-state index in [2.05, 4.69) is 4.72 Å². The fourth-order valence-corrected chi connectivity index (χ4v) is 4.17. The van der Waals surface area contributed by atoms with E-state index in [1.165, 1.54) is 6.92 Å². The number of benzene rings is 1. The van der Waals surface area contributed by atoms with Gasteiger partial charge in [-0.1, -0.05) is 11.6 Å². The highest BCUT2D eigenvalue weighted by Crippen LogP contribution is 2.27. The zero-order chi connectivity index (χ0) is 16.4. The second kappa shape index (κ2) is 6.26. The van der Waals surface area contributed by atoms with Gasteiger partial charge in [-0.25, -0.2) is 21.6 Å². The van der Waals surface area contributed by atoms with Crippen molar-refractivity contribution < 1.29 is 21.8 Å². The van der Waals surface area contributed by atoms with Gasteiger partial charge in [0.1, 0.15) is 14.9 Å². The lowest BCUT2D eigenvalue weighted by Crippen LogP contribution is -2.37. The van der Waals surface area contributed by atoms with Crippen LogP contribution in [0, 0.1) is 10.1 Å². The maximum absolute atomic E-state index is 12.0. The minimum atomic E-state index is -4.08. The molecule has 0 saturated carbocycles. The van der Waals surface area contributed by atoms with E-state index in [1.54, 1.807) is 0 Å². The Balaban J connectivity index is 3.09. The highest BCUT2D eigenvalue weighted by Gasteiger charge is 2.23. The molecule has 0 aliphatic heterocycles. The van der Waals surface area contributed by atoms with Crippen LogP contribution in [0.5, 0.6) is 0 Å². The molecule has 0 aliphatic rings. The fourth-order valence-electron chi connectivity index (χ4n) is 1.62. The summed E-state index contributed by atoms with van der Waals surface area (Å²) in [5.41, 5.74) is -0.546. The lowest BCUT2D eigenvalue weighted by atomic mass is 10.3. The number of sulfonamides is 1. The van der Waals surface area contributed by atoms with Crippen LogP contribution < -0.4 is 4.72 Å². The van der Waals surface area contributed by atoms with Crippen molar-refractivity contribution in [1.82, 2.24) is 4.72 Å². The van der Waals surface area contributed by atoms with Crippen molar-refractivity contribution in [3.05, 3.63) is 33.3 Å². The molecule has 21 heavy (non-hydrogen) atoms. The number of nitro groups is 1. The Labute approximate surface area is 127 Å². The van der Waals surface area contributed by atoms with Gasteiger partial charge in [-0.3, -0.25) is 10.1 Å². The molecule has 1 aromatic rings. The first-order chi connectivity index (χ1) is 9.42. The second-order valence-corrected chi connectivity index (χ2v) is 8.79. The van der Waals surface area contributed by atoms with Crippen molar-refractivity contribution in [1.29, 1.82) is 0 Å². The summed E-state index contributed by atoms with van der Waals surface area (Å²) < 4.78 is 48.4. The van der Waals surface area contributed by atoms with E-state index in [-0.39, 0.29) is 15.7 Å². The summed E-state index contributed by atoms with van der Waals surface area (Å²) in [4.78, 5) is 9.57. The third kappa shape index (κ3) is 5.23. The summed E-state index contributed by atoms with van der Waals surface area (Å²) >= 11 is 5.60. The molecule has 1 unspecified atom stereocenters. The number of rotatable bonds is 6. The van der Waals surface area contributed by atoms with Gasteiger partial charge in [0.25, 0.3) is 5.69 Å². The SMILES string of the molecule is CC(CS(C)(=O)=O)NS(=O)(=O)c1ccc(Cl)c([N+](=O)[O-])c1. The molecule has 0 spiro atoms. The molecule has 0 aliphatic carbocycles. The van der Waals surface area contributed by atoms with Crippen LogP contribution in [0.15, 0.2) is 23.1 Å². The van der Waals surface area contributed by atoms with Gasteiger partial charge in [0.05, 0.1) is 15.6 Å². The quantitative estimate of drug-likeness (QED) is 0.598. The average Bonchev–Trinajstić information content (AvgIpc) is 2.24. The number of nitro benzene ring substituents is 1. The van der Waals surface area contributed by atoms with Crippen molar-refractivity contribution in [2.24, 2.45) is 0 Å². The van der Waals surface area contributed by atoms with Crippen molar-refractivity contribution in [3.63, 3.8) is 0 Å². The van der Waals surface area contributed by atoms with Gasteiger partial charge in [0.2, 0.25) is 10.0 Å². The Kier molecular flexibility index (Phi) is 5.31. The molecule has 0 saturated heterocycles. The molecule has 0 bridgehead atoms. The zero-order valence-corrected chi connectivity index (χ0v) is 13.5. The van der Waals surface area contributed by atoms with E-state index < -0.39 is 36.5 Å². The normalized spacial score (nSPS) is 13.9. The molecule has 0 fully saturated rings. The maximum atomic E-state index is 12.0. The number of nitrogens with zero attached hydrogens (tertiary/aromatic N) is 1. The van der Waals surface area contributed by atoms with Gasteiger partial charge in [0, 0.05) is 18.4 Å². The van der Waals surface area contributed by atoms with Crippen LogP contribution in [0.3, 0.4) is 0 Å². The van der Waals surface area contributed by atoms with Crippen LogP contribution >= 0.6 is 11.6 Å². The summed E-state index contributed by atoms with van der Waals surface area (Å²) in [5, 5.41) is 10.5. The first-order valence-electron chi connectivity index (χ1n) is 5.56. The van der Waals surface area contributed by atoms with Gasteiger partial charge in [-0.15, -0.1) is 0 Å². The van der Waals surface area contributed by atoms with Crippen LogP contribution in [-0.4, -0.2) is 39.8 Å². The first-order valence-corrected chi connectivity index (χ1v) is 9.48. The molecular formula is C10H13ClN2O6S2. The number of hydrogen-bond donors (Lipinski definition) is 1. The summed E-state index contributed by atoms with van der Waals surface area (Å²) in [6, 6.07) is 2.14. The summed E-state index contributed by atoms with van der Waals surface area (Å²) in [6.45, 7) is 1.38. The Morgan fingerprint density at radius 1 is 1.33 bits per heavy atom. The molecule has 0 amide bonds. The molecule has 118 valence electrons. The molecule has 1 aromatic carbocycles. The van der Waals surface area contributed by atoms with Crippen molar-refractivity contribution in [2.45, 2.75) is 17.9 Å². The molecule has 0 aromatic heterocycles. The third-order valence-electron chi connectivity index (χ3n) is 2.33. The van der Waals surface area contributed by atoms with E-state index in [0.717, 1.165) is 24.5 Å². The van der Waals surface area contributed by atoms with Crippen molar-refractivity contribution in [2.75, 3.05) is 12.0 Å². The molecule has 1 rings (SSSR count). The Morgan fingerprint density at radius 2 is 1.90 bits per heavy atom. The number of hydrogen-bond acceptors (Lipinski definition) is 6. The summed E-state index contributed by atoms with van der Waals surface area (Å²) in [7, 11) is -7.44. The number of nitrogens with one attached hydrogen (secondary N) is 1. The smallest absolute Gasteiger partial charge is 0.258 e. The third-order valence-corrected chi connectivity index (χ3v) is 5.35. The molecule has 1 atom stereocenters. The standard InChI is InChI=1S/C10H13ClN2O6S2/c1-7(6-20(2,16)17)12-21(18,19)8-3-4-9(11)10(5-8)13(14)15/h3-5,7,12H,6H2,1-2H3. The highest BCUT2D eigenvalue weighted by molar-refractivity contribution is 7.91. The van der Waals surface area contributed by atoms with Crippen LogP contribution in [0.4, 0.5) is 5.69 Å². The van der Waals surface area contributed by atoms with Gasteiger partial charge in [0.15, 0.2) is 0 Å². The Morgan fingerprint density at radius 3 is 2.38 bits per heavy atom. The highest BCUT2D eigenvalue weighted by atomic mass is 35.5. The summed E-state index contributed by atoms with van der Waals surface area (Å²) in [6.07, 6.45) is 0.977. The first kappa shape index (κ1) is 17.8. The van der Waals surface area contributed by atoms with Gasteiger partial charge in [-0.05, 0) is 19.1 Å². The van der Waals surface area contributed by atoms with Crippen LogP contribution in [0.25, 0.3) is 0 Å². The molecular weight excluding hydrogens is 344 g/mol. The Hall–Kier alpha value is -1.23.